The van der Waals surface area contributed by atoms with Gasteiger partial charge in [0.05, 0.1) is 6.54 Å². The van der Waals surface area contributed by atoms with E-state index in [-0.39, 0.29) is 18.4 Å². The van der Waals surface area contributed by atoms with Crippen LogP contribution in [0.3, 0.4) is 0 Å². The molecule has 3 N–H and O–H groups in total. The van der Waals surface area contributed by atoms with E-state index in [4.69, 9.17) is 10.2 Å². The summed E-state index contributed by atoms with van der Waals surface area (Å²) in [5.41, 5.74) is 6.41. The summed E-state index contributed by atoms with van der Waals surface area (Å²) in [6.45, 7) is 2.21. The third kappa shape index (κ3) is 3.27. The summed E-state index contributed by atoms with van der Waals surface area (Å²) >= 11 is 0. The molecule has 2 rings (SSSR count). The van der Waals surface area contributed by atoms with Crippen LogP contribution in [0.25, 0.3) is 0 Å². The number of hydrogen-bond donors (Lipinski definition) is 2. The first-order valence-electron chi connectivity index (χ1n) is 5.71. The van der Waals surface area contributed by atoms with E-state index >= 15 is 0 Å². The van der Waals surface area contributed by atoms with Gasteiger partial charge in [-0.25, -0.2) is 4.39 Å². The van der Waals surface area contributed by atoms with Crippen LogP contribution in [-0.4, -0.2) is 16.2 Å². The maximum absolute atomic E-state index is 12.8. The van der Waals surface area contributed by atoms with Crippen LogP contribution in [0.4, 0.5) is 10.4 Å². The molecule has 0 amide bonds. The monoisotopic (exact) mass is 250 g/mol. The number of benzene rings is 1. The van der Waals surface area contributed by atoms with Crippen molar-refractivity contribution in [2.75, 3.05) is 5.32 Å². The van der Waals surface area contributed by atoms with E-state index in [1.807, 2.05) is 6.92 Å². The van der Waals surface area contributed by atoms with Gasteiger partial charge < -0.3 is 15.5 Å². The molecule has 1 aromatic carbocycles. The number of rotatable bonds is 5. The Morgan fingerprint density at radius 1 is 1.33 bits per heavy atom. The van der Waals surface area contributed by atoms with Gasteiger partial charge in [0.1, 0.15) is 5.82 Å². The molecule has 0 bridgehead atoms. The second-order valence-electron chi connectivity index (χ2n) is 4.08. The number of nitrogens with two attached hydrogens (primary N) is 1. The molecule has 0 saturated carbocycles. The molecule has 1 unspecified atom stereocenters. The standard InChI is InChI=1S/C12H15FN4O/c1-8(6-9-2-4-10(13)5-3-9)15-12-17-16-11(7-14)18-12/h2-5,8H,6-7,14H2,1H3,(H,15,17). The van der Waals surface area contributed by atoms with Crippen LogP contribution in [0.5, 0.6) is 0 Å². The first-order chi connectivity index (χ1) is 8.67. The Labute approximate surface area is 104 Å². The maximum atomic E-state index is 12.8. The highest BCUT2D eigenvalue weighted by Crippen LogP contribution is 2.10. The fourth-order valence-corrected chi connectivity index (χ4v) is 1.63. The predicted octanol–water partition coefficient (Wildman–Crippen LogP) is 1.71. The molecule has 0 aliphatic heterocycles. The van der Waals surface area contributed by atoms with Crippen molar-refractivity contribution >= 4 is 6.01 Å². The van der Waals surface area contributed by atoms with Gasteiger partial charge in [-0.2, -0.15) is 0 Å². The molecule has 2 aromatic rings. The van der Waals surface area contributed by atoms with E-state index < -0.39 is 0 Å². The van der Waals surface area contributed by atoms with Gasteiger partial charge in [-0.1, -0.05) is 17.2 Å². The Hall–Kier alpha value is -1.95. The zero-order valence-electron chi connectivity index (χ0n) is 10.1. The molecule has 1 atom stereocenters. The number of halogens is 1. The number of anilines is 1. The van der Waals surface area contributed by atoms with Gasteiger partial charge in [-0.15, -0.1) is 5.10 Å². The third-order valence-electron chi connectivity index (χ3n) is 2.47. The van der Waals surface area contributed by atoms with Crippen LogP contribution >= 0.6 is 0 Å². The highest BCUT2D eigenvalue weighted by Gasteiger charge is 2.09. The largest absolute Gasteiger partial charge is 0.407 e. The van der Waals surface area contributed by atoms with E-state index in [9.17, 15) is 4.39 Å². The average molecular weight is 250 g/mol. The number of nitrogens with zero attached hydrogens (tertiary/aromatic N) is 2. The van der Waals surface area contributed by atoms with Gasteiger partial charge >= 0.3 is 6.01 Å². The van der Waals surface area contributed by atoms with Crippen molar-refractivity contribution in [2.24, 2.45) is 5.73 Å². The summed E-state index contributed by atoms with van der Waals surface area (Å²) < 4.78 is 18.0. The van der Waals surface area contributed by atoms with Crippen molar-refractivity contribution < 1.29 is 8.81 Å². The Balaban J connectivity index is 1.91. The topological polar surface area (TPSA) is 77.0 Å². The molecule has 96 valence electrons. The van der Waals surface area contributed by atoms with Crippen molar-refractivity contribution in [1.29, 1.82) is 0 Å². The quantitative estimate of drug-likeness (QED) is 0.844. The summed E-state index contributed by atoms with van der Waals surface area (Å²) in [4.78, 5) is 0. The first-order valence-corrected chi connectivity index (χ1v) is 5.71. The average Bonchev–Trinajstić information content (AvgIpc) is 2.79. The van der Waals surface area contributed by atoms with Gasteiger partial charge in [0, 0.05) is 6.04 Å². The lowest BCUT2D eigenvalue weighted by Gasteiger charge is -2.11. The van der Waals surface area contributed by atoms with Crippen LogP contribution < -0.4 is 11.1 Å². The van der Waals surface area contributed by atoms with Crippen LogP contribution in [0.15, 0.2) is 28.7 Å². The van der Waals surface area contributed by atoms with E-state index in [0.29, 0.717) is 11.9 Å². The van der Waals surface area contributed by atoms with Gasteiger partial charge in [0.2, 0.25) is 5.89 Å². The fourth-order valence-electron chi connectivity index (χ4n) is 1.63. The zero-order chi connectivity index (χ0) is 13.0. The highest BCUT2D eigenvalue weighted by atomic mass is 19.1. The summed E-state index contributed by atoms with van der Waals surface area (Å²) in [5, 5.41) is 10.6. The van der Waals surface area contributed by atoms with Crippen LogP contribution in [-0.2, 0) is 13.0 Å². The van der Waals surface area contributed by atoms with Crippen molar-refractivity contribution in [3.05, 3.63) is 41.5 Å². The minimum absolute atomic E-state index is 0.0986. The molecule has 0 radical (unpaired) electrons. The summed E-state index contributed by atoms with van der Waals surface area (Å²) in [6.07, 6.45) is 0.737. The Morgan fingerprint density at radius 2 is 2.06 bits per heavy atom. The fraction of sp³-hybridized carbons (Fsp3) is 0.333. The molecule has 0 spiro atoms. The van der Waals surface area contributed by atoms with Crippen molar-refractivity contribution in [3.63, 3.8) is 0 Å². The number of aromatic nitrogens is 2. The van der Waals surface area contributed by atoms with E-state index in [1.54, 1.807) is 12.1 Å². The maximum Gasteiger partial charge on any atom is 0.315 e. The summed E-state index contributed by atoms with van der Waals surface area (Å²) in [6, 6.07) is 6.86. The molecular weight excluding hydrogens is 235 g/mol. The Kier molecular flexibility index (Phi) is 3.88. The molecule has 0 saturated heterocycles. The molecule has 0 aliphatic carbocycles. The molecule has 5 nitrogen and oxygen atoms in total. The third-order valence-corrected chi connectivity index (χ3v) is 2.47. The molecular formula is C12H15FN4O. The zero-order valence-corrected chi connectivity index (χ0v) is 10.1. The molecule has 0 fully saturated rings. The molecule has 1 heterocycles. The molecule has 0 aliphatic rings. The highest BCUT2D eigenvalue weighted by molar-refractivity contribution is 5.23. The van der Waals surface area contributed by atoms with E-state index in [0.717, 1.165) is 12.0 Å². The minimum atomic E-state index is -0.233. The molecule has 6 heteroatoms. The summed E-state index contributed by atoms with van der Waals surface area (Å²) in [5.74, 6) is 0.162. The Morgan fingerprint density at radius 3 is 2.67 bits per heavy atom. The molecule has 1 aromatic heterocycles. The van der Waals surface area contributed by atoms with Crippen molar-refractivity contribution in [1.82, 2.24) is 10.2 Å². The lowest BCUT2D eigenvalue weighted by atomic mass is 10.1. The predicted molar refractivity (Wildman–Crippen MR) is 65.4 cm³/mol. The normalized spacial score (nSPS) is 12.4. The minimum Gasteiger partial charge on any atom is -0.407 e. The van der Waals surface area contributed by atoms with Gasteiger partial charge in [0.15, 0.2) is 0 Å². The summed E-state index contributed by atoms with van der Waals surface area (Å²) in [7, 11) is 0. The number of hydrogen-bond acceptors (Lipinski definition) is 5. The second-order valence-corrected chi connectivity index (χ2v) is 4.08. The lowest BCUT2D eigenvalue weighted by Crippen LogP contribution is -2.18. The smallest absolute Gasteiger partial charge is 0.315 e. The van der Waals surface area contributed by atoms with Gasteiger partial charge in [0.25, 0.3) is 0 Å². The van der Waals surface area contributed by atoms with Crippen LogP contribution in [0, 0.1) is 5.82 Å². The lowest BCUT2D eigenvalue weighted by molar-refractivity contribution is 0.502. The molecule has 18 heavy (non-hydrogen) atoms. The number of nitrogens with one attached hydrogen (secondary N) is 1. The SMILES string of the molecule is CC(Cc1ccc(F)cc1)Nc1nnc(CN)o1. The van der Waals surface area contributed by atoms with Gasteiger partial charge in [-0.05, 0) is 31.0 Å². The van der Waals surface area contributed by atoms with Crippen LogP contribution in [0.1, 0.15) is 18.4 Å². The Bertz CT molecular complexity index is 497. The van der Waals surface area contributed by atoms with Crippen molar-refractivity contribution in [3.8, 4) is 0 Å². The van der Waals surface area contributed by atoms with Gasteiger partial charge in [-0.3, -0.25) is 0 Å². The second kappa shape index (κ2) is 5.59. The first kappa shape index (κ1) is 12.5. The van der Waals surface area contributed by atoms with Crippen molar-refractivity contribution in [2.45, 2.75) is 25.9 Å². The van der Waals surface area contributed by atoms with E-state index in [2.05, 4.69) is 15.5 Å². The van der Waals surface area contributed by atoms with E-state index in [1.165, 1.54) is 12.1 Å². The van der Waals surface area contributed by atoms with Crippen LogP contribution in [0.2, 0.25) is 0 Å².